The van der Waals surface area contributed by atoms with Gasteiger partial charge in [0.15, 0.2) is 0 Å². The molecular formula is C10H11ClO3. The maximum absolute atomic E-state index is 10.7. The lowest BCUT2D eigenvalue weighted by Gasteiger charge is -2.05. The largest absolute Gasteiger partial charge is 0.425 e. The summed E-state index contributed by atoms with van der Waals surface area (Å²) >= 11 is 5.85. The number of halogens is 1. The molecule has 0 saturated heterocycles. The third kappa shape index (κ3) is 3.01. The Hall–Kier alpha value is -1.06. The van der Waals surface area contributed by atoms with Crippen LogP contribution in [0.5, 0.6) is 5.75 Å². The quantitative estimate of drug-likeness (QED) is 0.617. The number of rotatable bonds is 3. The van der Waals surface area contributed by atoms with Crippen molar-refractivity contribution in [2.24, 2.45) is 0 Å². The van der Waals surface area contributed by atoms with Crippen LogP contribution in [-0.2, 0) is 11.2 Å². The number of carbonyl (C=O) groups excluding carboxylic acids is 1. The first kappa shape index (κ1) is 11.0. The molecule has 1 rings (SSSR count). The average molecular weight is 215 g/mol. The number of ether oxygens (including phenoxy) is 1. The summed E-state index contributed by atoms with van der Waals surface area (Å²) in [6.45, 7) is 1.39. The molecule has 0 spiro atoms. The molecule has 0 unspecified atom stereocenters. The lowest BCUT2D eigenvalue weighted by atomic mass is 10.1. The summed E-state index contributed by atoms with van der Waals surface area (Å²) in [4.78, 5) is 10.7. The lowest BCUT2D eigenvalue weighted by molar-refractivity contribution is -0.131. The van der Waals surface area contributed by atoms with Crippen LogP contribution in [0, 0.1) is 0 Å². The molecule has 4 heteroatoms. The molecule has 3 nitrogen and oxygen atoms in total. The fourth-order valence-electron chi connectivity index (χ4n) is 1.07. The van der Waals surface area contributed by atoms with Crippen molar-refractivity contribution in [3.05, 3.63) is 28.8 Å². The Morgan fingerprint density at radius 3 is 2.79 bits per heavy atom. The molecule has 0 saturated carbocycles. The van der Waals surface area contributed by atoms with Gasteiger partial charge in [0, 0.05) is 13.5 Å². The van der Waals surface area contributed by atoms with Gasteiger partial charge < -0.3 is 9.84 Å². The Balaban J connectivity index is 2.84. The summed E-state index contributed by atoms with van der Waals surface area (Å²) < 4.78 is 4.84. The van der Waals surface area contributed by atoms with E-state index in [-0.39, 0.29) is 6.61 Å². The van der Waals surface area contributed by atoms with Gasteiger partial charge in [0.1, 0.15) is 5.75 Å². The fraction of sp³-hybridized carbons (Fsp3) is 0.300. The minimum absolute atomic E-state index is 0.0727. The van der Waals surface area contributed by atoms with Crippen LogP contribution in [-0.4, -0.2) is 17.7 Å². The first-order chi connectivity index (χ1) is 6.63. The van der Waals surface area contributed by atoms with Gasteiger partial charge in [-0.2, -0.15) is 0 Å². The van der Waals surface area contributed by atoms with Crippen LogP contribution < -0.4 is 4.74 Å². The van der Waals surface area contributed by atoms with Gasteiger partial charge in [0.2, 0.25) is 0 Å². The van der Waals surface area contributed by atoms with Crippen molar-refractivity contribution in [3.63, 3.8) is 0 Å². The van der Waals surface area contributed by atoms with E-state index in [2.05, 4.69) is 0 Å². The second kappa shape index (κ2) is 4.98. The van der Waals surface area contributed by atoms with Crippen molar-refractivity contribution < 1.29 is 14.6 Å². The van der Waals surface area contributed by atoms with E-state index in [1.54, 1.807) is 18.2 Å². The van der Waals surface area contributed by atoms with Gasteiger partial charge in [-0.1, -0.05) is 17.7 Å². The predicted molar refractivity (Wildman–Crippen MR) is 53.6 cm³/mol. The molecule has 0 atom stereocenters. The molecule has 0 radical (unpaired) electrons. The molecule has 0 aromatic heterocycles. The van der Waals surface area contributed by atoms with Crippen molar-refractivity contribution in [2.45, 2.75) is 13.3 Å². The van der Waals surface area contributed by atoms with Crippen LogP contribution >= 0.6 is 11.6 Å². The second-order valence-corrected chi connectivity index (χ2v) is 3.24. The van der Waals surface area contributed by atoms with Gasteiger partial charge in [-0.3, -0.25) is 4.79 Å². The Kier molecular flexibility index (Phi) is 3.92. The third-order valence-corrected chi connectivity index (χ3v) is 1.95. The fourth-order valence-corrected chi connectivity index (χ4v) is 1.31. The highest BCUT2D eigenvalue weighted by Crippen LogP contribution is 2.25. The highest BCUT2D eigenvalue weighted by Gasteiger charge is 2.04. The van der Waals surface area contributed by atoms with Crippen molar-refractivity contribution in [3.8, 4) is 5.75 Å². The maximum Gasteiger partial charge on any atom is 0.308 e. The van der Waals surface area contributed by atoms with E-state index in [1.165, 1.54) is 6.92 Å². The summed E-state index contributed by atoms with van der Waals surface area (Å²) in [5.74, 6) is -0.0531. The molecular weight excluding hydrogens is 204 g/mol. The number of esters is 1. The van der Waals surface area contributed by atoms with E-state index in [9.17, 15) is 4.79 Å². The van der Waals surface area contributed by atoms with Crippen molar-refractivity contribution in [1.82, 2.24) is 0 Å². The molecule has 0 aliphatic carbocycles. The van der Waals surface area contributed by atoms with Crippen LogP contribution in [0.4, 0.5) is 0 Å². The Morgan fingerprint density at radius 1 is 1.57 bits per heavy atom. The zero-order valence-electron chi connectivity index (χ0n) is 7.79. The van der Waals surface area contributed by atoms with Crippen LogP contribution in [0.25, 0.3) is 0 Å². The van der Waals surface area contributed by atoms with Crippen LogP contribution in [0.3, 0.4) is 0 Å². The van der Waals surface area contributed by atoms with E-state index >= 15 is 0 Å². The number of aliphatic hydroxyl groups excluding tert-OH is 1. The zero-order valence-corrected chi connectivity index (χ0v) is 8.54. The van der Waals surface area contributed by atoms with E-state index in [0.29, 0.717) is 17.2 Å². The van der Waals surface area contributed by atoms with Crippen LogP contribution in [0.2, 0.25) is 5.02 Å². The van der Waals surface area contributed by atoms with E-state index < -0.39 is 5.97 Å². The smallest absolute Gasteiger partial charge is 0.308 e. The van der Waals surface area contributed by atoms with Crippen LogP contribution in [0.15, 0.2) is 18.2 Å². The lowest BCUT2D eigenvalue weighted by Crippen LogP contribution is -2.02. The summed E-state index contributed by atoms with van der Waals surface area (Å²) in [6.07, 6.45) is 0.542. The average Bonchev–Trinajstić information content (AvgIpc) is 2.10. The Morgan fingerprint density at radius 2 is 2.29 bits per heavy atom. The van der Waals surface area contributed by atoms with E-state index in [4.69, 9.17) is 21.4 Å². The van der Waals surface area contributed by atoms with Gasteiger partial charge in [-0.25, -0.2) is 0 Å². The second-order valence-electron chi connectivity index (χ2n) is 2.83. The first-order valence-electron chi connectivity index (χ1n) is 4.21. The molecule has 0 fully saturated rings. The van der Waals surface area contributed by atoms with Gasteiger partial charge in [-0.15, -0.1) is 0 Å². The molecule has 0 heterocycles. The summed E-state index contributed by atoms with van der Waals surface area (Å²) in [5, 5.41) is 9.08. The third-order valence-electron chi connectivity index (χ3n) is 1.65. The monoisotopic (exact) mass is 214 g/mol. The standard InChI is InChI=1S/C10H11ClO3/c1-7(13)14-10-3-2-8(4-5-12)6-9(10)11/h2-3,6,12H,4-5H2,1H3. The van der Waals surface area contributed by atoms with Gasteiger partial charge >= 0.3 is 5.97 Å². The Labute approximate surface area is 87.3 Å². The first-order valence-corrected chi connectivity index (χ1v) is 4.59. The van der Waals surface area contributed by atoms with Gasteiger partial charge in [-0.05, 0) is 24.1 Å². The van der Waals surface area contributed by atoms with Crippen molar-refractivity contribution in [1.29, 1.82) is 0 Å². The van der Waals surface area contributed by atoms with Crippen molar-refractivity contribution in [2.75, 3.05) is 6.61 Å². The molecule has 14 heavy (non-hydrogen) atoms. The number of benzene rings is 1. The molecule has 0 aliphatic rings. The molecule has 0 aliphatic heterocycles. The molecule has 1 aromatic rings. The molecule has 0 bridgehead atoms. The van der Waals surface area contributed by atoms with Gasteiger partial charge in [0.05, 0.1) is 5.02 Å². The number of aliphatic hydroxyl groups is 1. The maximum atomic E-state index is 10.7. The predicted octanol–water partition coefficient (Wildman–Crippen LogP) is 1.80. The van der Waals surface area contributed by atoms with Crippen molar-refractivity contribution >= 4 is 17.6 Å². The molecule has 1 N–H and O–H groups in total. The van der Waals surface area contributed by atoms with E-state index in [1.807, 2.05) is 0 Å². The highest BCUT2D eigenvalue weighted by atomic mass is 35.5. The summed E-state index contributed by atoms with van der Waals surface area (Å²) in [6, 6.07) is 5.06. The molecule has 0 amide bonds. The molecule has 1 aromatic carbocycles. The van der Waals surface area contributed by atoms with Gasteiger partial charge in [0.25, 0.3) is 0 Å². The van der Waals surface area contributed by atoms with Crippen LogP contribution in [0.1, 0.15) is 12.5 Å². The summed E-state index contributed by atoms with van der Waals surface area (Å²) in [7, 11) is 0. The SMILES string of the molecule is CC(=O)Oc1ccc(CCO)cc1Cl. The zero-order chi connectivity index (χ0) is 10.6. The number of carbonyl (C=O) groups is 1. The topological polar surface area (TPSA) is 46.5 Å². The minimum Gasteiger partial charge on any atom is -0.425 e. The number of hydrogen-bond donors (Lipinski definition) is 1. The normalized spacial score (nSPS) is 9.93. The summed E-state index contributed by atoms with van der Waals surface area (Å²) in [5.41, 5.74) is 0.911. The molecule has 76 valence electrons. The Bertz CT molecular complexity index is 336. The van der Waals surface area contributed by atoms with E-state index in [0.717, 1.165) is 5.56 Å². The number of hydrogen-bond acceptors (Lipinski definition) is 3. The highest BCUT2D eigenvalue weighted by molar-refractivity contribution is 6.32. The minimum atomic E-state index is -0.401.